The molecule has 1 heterocycles. The van der Waals surface area contributed by atoms with Gasteiger partial charge in [0.05, 0.1) is 4.88 Å². The predicted molar refractivity (Wildman–Crippen MR) is 73.4 cm³/mol. The molecular formula is C14H13NO2S. The first-order chi connectivity index (χ1) is 8.61. The third kappa shape index (κ3) is 2.49. The largest absolute Gasteiger partial charge is 0.318 e. The molecule has 2 aromatic rings. The molecule has 0 atom stereocenters. The quantitative estimate of drug-likeness (QED) is 0.625. The van der Waals surface area contributed by atoms with Gasteiger partial charge in [-0.1, -0.05) is 0 Å². The highest BCUT2D eigenvalue weighted by Crippen LogP contribution is 2.20. The highest BCUT2D eigenvalue weighted by atomic mass is 32.1. The molecule has 0 aliphatic rings. The number of carbonyl (C=O) groups is 2. The Hall–Kier alpha value is -1.94. The van der Waals surface area contributed by atoms with Crippen molar-refractivity contribution in [2.24, 2.45) is 0 Å². The maximum absolute atomic E-state index is 12.1. The molecule has 92 valence electrons. The number of aryl methyl sites for hydroxylation is 1. The zero-order valence-corrected chi connectivity index (χ0v) is 11.0. The van der Waals surface area contributed by atoms with Crippen LogP contribution in [-0.2, 0) is 4.79 Å². The summed E-state index contributed by atoms with van der Waals surface area (Å²) in [6.07, 6.45) is 0.736. The third-order valence-corrected chi connectivity index (χ3v) is 3.66. The van der Waals surface area contributed by atoms with Gasteiger partial charge in [-0.2, -0.15) is 0 Å². The molecule has 0 unspecified atom stereocenters. The summed E-state index contributed by atoms with van der Waals surface area (Å²) in [6.45, 7) is 1.98. The predicted octanol–water partition coefficient (Wildman–Crippen LogP) is 2.88. The fourth-order valence-electron chi connectivity index (χ4n) is 1.61. The van der Waals surface area contributed by atoms with E-state index in [1.54, 1.807) is 31.3 Å². The van der Waals surface area contributed by atoms with Gasteiger partial charge < -0.3 is 4.90 Å². The van der Waals surface area contributed by atoms with Crippen molar-refractivity contribution in [3.63, 3.8) is 0 Å². The molecule has 0 aliphatic carbocycles. The van der Waals surface area contributed by atoms with Crippen LogP contribution in [0, 0.1) is 6.92 Å². The molecule has 0 N–H and O–H groups in total. The zero-order chi connectivity index (χ0) is 13.1. The lowest BCUT2D eigenvalue weighted by atomic mass is 10.1. The second-order valence-corrected chi connectivity index (χ2v) is 5.29. The van der Waals surface area contributed by atoms with E-state index in [0.717, 1.165) is 21.9 Å². The number of benzene rings is 1. The lowest BCUT2D eigenvalue weighted by Crippen LogP contribution is -2.13. The van der Waals surface area contributed by atoms with Crippen molar-refractivity contribution in [1.82, 2.24) is 0 Å². The molecule has 2 rings (SSSR count). The van der Waals surface area contributed by atoms with Crippen molar-refractivity contribution >= 4 is 29.2 Å². The van der Waals surface area contributed by atoms with E-state index in [2.05, 4.69) is 0 Å². The van der Waals surface area contributed by atoms with Gasteiger partial charge >= 0.3 is 0 Å². The van der Waals surface area contributed by atoms with Gasteiger partial charge in [-0.05, 0) is 43.3 Å². The second kappa shape index (κ2) is 5.14. The van der Waals surface area contributed by atoms with E-state index in [-0.39, 0.29) is 5.78 Å². The number of carbonyl (C=O) groups excluding carboxylic acids is 2. The van der Waals surface area contributed by atoms with Crippen LogP contribution in [0.4, 0.5) is 5.69 Å². The molecule has 0 saturated heterocycles. The molecular weight excluding hydrogens is 246 g/mol. The van der Waals surface area contributed by atoms with Gasteiger partial charge in [-0.25, -0.2) is 0 Å². The van der Waals surface area contributed by atoms with Crippen LogP contribution >= 0.6 is 11.3 Å². The molecule has 1 amide bonds. The molecule has 1 aromatic heterocycles. The van der Waals surface area contributed by atoms with Crippen molar-refractivity contribution < 1.29 is 9.59 Å². The van der Waals surface area contributed by atoms with Crippen molar-refractivity contribution in [2.45, 2.75) is 6.92 Å². The lowest BCUT2D eigenvalue weighted by Gasteiger charge is -2.10. The highest BCUT2D eigenvalue weighted by Gasteiger charge is 2.11. The summed E-state index contributed by atoms with van der Waals surface area (Å²) in [4.78, 5) is 26.1. The van der Waals surface area contributed by atoms with Crippen LogP contribution in [0.25, 0.3) is 0 Å². The number of nitrogens with zero attached hydrogens (tertiary/aromatic N) is 1. The fourth-order valence-corrected chi connectivity index (χ4v) is 2.44. The van der Waals surface area contributed by atoms with E-state index < -0.39 is 0 Å². The Morgan fingerprint density at radius 3 is 2.33 bits per heavy atom. The molecule has 4 heteroatoms. The number of ketones is 1. The van der Waals surface area contributed by atoms with Crippen LogP contribution in [0.1, 0.15) is 20.1 Å². The van der Waals surface area contributed by atoms with Crippen molar-refractivity contribution in [3.8, 4) is 0 Å². The van der Waals surface area contributed by atoms with Crippen molar-refractivity contribution in [3.05, 3.63) is 51.7 Å². The summed E-state index contributed by atoms with van der Waals surface area (Å²) < 4.78 is 0. The van der Waals surface area contributed by atoms with Gasteiger partial charge in [0.25, 0.3) is 0 Å². The maximum Gasteiger partial charge on any atom is 0.213 e. The minimum Gasteiger partial charge on any atom is -0.318 e. The van der Waals surface area contributed by atoms with Crippen molar-refractivity contribution in [2.75, 3.05) is 11.9 Å². The first-order valence-electron chi connectivity index (χ1n) is 5.51. The minimum atomic E-state index is 0.0217. The molecule has 0 bridgehead atoms. The second-order valence-electron chi connectivity index (χ2n) is 4.00. The smallest absolute Gasteiger partial charge is 0.213 e. The first kappa shape index (κ1) is 12.5. The van der Waals surface area contributed by atoms with Crippen LogP contribution in [0.15, 0.2) is 36.4 Å². The number of hydrogen-bond acceptors (Lipinski definition) is 3. The van der Waals surface area contributed by atoms with Gasteiger partial charge in [0.1, 0.15) is 0 Å². The number of thiophene rings is 1. The van der Waals surface area contributed by atoms with Gasteiger partial charge in [-0.15, -0.1) is 11.3 Å². The minimum absolute atomic E-state index is 0.0217. The maximum atomic E-state index is 12.1. The molecule has 1 aromatic carbocycles. The lowest BCUT2D eigenvalue weighted by molar-refractivity contribution is -0.107. The van der Waals surface area contributed by atoms with E-state index in [0.29, 0.717) is 5.56 Å². The number of hydrogen-bond donors (Lipinski definition) is 0. The summed E-state index contributed by atoms with van der Waals surface area (Å²) in [5, 5.41) is 0. The van der Waals surface area contributed by atoms with Gasteiger partial charge in [-0.3, -0.25) is 9.59 Å². The summed E-state index contributed by atoms with van der Waals surface area (Å²) in [6, 6.07) is 10.8. The Labute approximate surface area is 110 Å². The number of amides is 1. The van der Waals surface area contributed by atoms with E-state index in [1.807, 2.05) is 19.1 Å². The Balaban J connectivity index is 2.24. The Kier molecular flexibility index (Phi) is 3.58. The Morgan fingerprint density at radius 1 is 1.17 bits per heavy atom. The van der Waals surface area contributed by atoms with Crippen LogP contribution < -0.4 is 4.90 Å². The van der Waals surface area contributed by atoms with Crippen LogP contribution in [0.5, 0.6) is 0 Å². The summed E-state index contributed by atoms with van der Waals surface area (Å²) in [7, 11) is 1.67. The van der Waals surface area contributed by atoms with E-state index in [9.17, 15) is 9.59 Å². The average molecular weight is 259 g/mol. The number of anilines is 1. The highest BCUT2D eigenvalue weighted by molar-refractivity contribution is 7.14. The van der Waals surface area contributed by atoms with Gasteiger partial charge in [0.2, 0.25) is 12.2 Å². The molecule has 0 saturated carbocycles. The van der Waals surface area contributed by atoms with Crippen molar-refractivity contribution in [1.29, 1.82) is 0 Å². The average Bonchev–Trinajstić information content (AvgIpc) is 2.84. The summed E-state index contributed by atoms with van der Waals surface area (Å²) in [5.74, 6) is 0.0217. The molecule has 0 fully saturated rings. The van der Waals surface area contributed by atoms with Gasteiger partial charge in [0.15, 0.2) is 0 Å². The molecule has 0 radical (unpaired) electrons. The molecule has 18 heavy (non-hydrogen) atoms. The summed E-state index contributed by atoms with van der Waals surface area (Å²) >= 11 is 1.49. The Morgan fingerprint density at radius 2 is 1.83 bits per heavy atom. The summed E-state index contributed by atoms with van der Waals surface area (Å²) in [5.41, 5.74) is 1.41. The third-order valence-electron chi connectivity index (χ3n) is 2.66. The molecule has 0 aliphatic heterocycles. The fraction of sp³-hybridized carbons (Fsp3) is 0.143. The topological polar surface area (TPSA) is 37.4 Å². The van der Waals surface area contributed by atoms with E-state index in [1.165, 1.54) is 16.2 Å². The normalized spacial score (nSPS) is 10.1. The zero-order valence-electron chi connectivity index (χ0n) is 10.2. The van der Waals surface area contributed by atoms with E-state index >= 15 is 0 Å². The molecule has 0 spiro atoms. The van der Waals surface area contributed by atoms with Crippen LogP contribution in [0.2, 0.25) is 0 Å². The standard InChI is InChI=1S/C14H13NO2S/c1-10-3-8-13(18-10)14(17)11-4-6-12(7-5-11)15(2)9-16/h3-9H,1-2H3. The van der Waals surface area contributed by atoms with Gasteiger partial charge in [0, 0.05) is 23.2 Å². The Bertz CT molecular complexity index is 572. The molecule has 3 nitrogen and oxygen atoms in total. The monoisotopic (exact) mass is 259 g/mol. The first-order valence-corrected chi connectivity index (χ1v) is 6.33. The number of rotatable bonds is 4. The SMILES string of the molecule is Cc1ccc(C(=O)c2ccc(N(C)C=O)cc2)s1. The van der Waals surface area contributed by atoms with E-state index in [4.69, 9.17) is 0 Å². The van der Waals surface area contributed by atoms with Crippen LogP contribution in [0.3, 0.4) is 0 Å². The van der Waals surface area contributed by atoms with Crippen LogP contribution in [-0.4, -0.2) is 19.2 Å².